The highest BCUT2D eigenvalue weighted by Crippen LogP contribution is 2.34. The van der Waals surface area contributed by atoms with Crippen molar-refractivity contribution in [1.29, 1.82) is 0 Å². The molecule has 5 nitrogen and oxygen atoms in total. The average molecular weight is 400 g/mol. The predicted octanol–water partition coefficient (Wildman–Crippen LogP) is 4.89. The quantitative estimate of drug-likeness (QED) is 0.419. The number of hydrogen-bond donors (Lipinski definition) is 0. The van der Waals surface area contributed by atoms with Crippen LogP contribution >= 0.6 is 11.6 Å². The molecule has 0 unspecified atom stereocenters. The molecule has 3 aromatic rings. The number of carbonyl (C=O) groups excluding carboxylic acids is 1. The molecule has 1 aromatic heterocycles. The minimum atomic E-state index is -0.211. The van der Waals surface area contributed by atoms with Gasteiger partial charge in [-0.05, 0) is 61.6 Å². The van der Waals surface area contributed by atoms with Crippen molar-refractivity contribution in [2.45, 2.75) is 52.5 Å². The first-order chi connectivity index (χ1) is 13.5. The van der Waals surface area contributed by atoms with E-state index in [1.54, 1.807) is 0 Å². The van der Waals surface area contributed by atoms with Gasteiger partial charge in [0.05, 0.1) is 18.5 Å². The van der Waals surface area contributed by atoms with E-state index in [1.807, 2.05) is 38.4 Å². The molecule has 0 aliphatic rings. The number of alkyl halides is 1. The Bertz CT molecular complexity index is 997. The van der Waals surface area contributed by atoms with E-state index < -0.39 is 0 Å². The van der Waals surface area contributed by atoms with Crippen molar-refractivity contribution in [3.8, 4) is 0 Å². The van der Waals surface area contributed by atoms with E-state index in [4.69, 9.17) is 16.3 Å². The fraction of sp³-hybridized carbons (Fsp3) is 0.409. The standard InChI is InChI=1S/C22H26ClN3O2/c1-5-26-20-10-9-18(15(4)22(20)24-25-26)19(12-21(27)28-6-2)16-8-7-14(3)17(11-16)13-23/h7-11,19H,5-6,12-13H2,1-4H3/t19-/m0/s1. The van der Waals surface area contributed by atoms with E-state index in [0.29, 0.717) is 12.5 Å². The topological polar surface area (TPSA) is 57.0 Å². The van der Waals surface area contributed by atoms with Gasteiger partial charge in [0.15, 0.2) is 0 Å². The molecule has 0 saturated heterocycles. The van der Waals surface area contributed by atoms with Crippen LogP contribution in [0.15, 0.2) is 30.3 Å². The Hall–Kier alpha value is -2.40. The van der Waals surface area contributed by atoms with Crippen LogP contribution in [0.1, 0.15) is 54.0 Å². The first-order valence-electron chi connectivity index (χ1n) is 9.63. The SMILES string of the molecule is CCOC(=O)C[C@@H](c1ccc(C)c(CCl)c1)c1ccc2c(nnn2CC)c1C. The number of aromatic nitrogens is 3. The summed E-state index contributed by atoms with van der Waals surface area (Å²) in [6.45, 7) is 9.09. The van der Waals surface area contributed by atoms with Gasteiger partial charge >= 0.3 is 5.97 Å². The van der Waals surface area contributed by atoms with E-state index in [2.05, 4.69) is 34.6 Å². The molecule has 1 atom stereocenters. The van der Waals surface area contributed by atoms with Crippen LogP contribution in [0.5, 0.6) is 0 Å². The second kappa shape index (κ2) is 8.74. The molecule has 0 spiro atoms. The van der Waals surface area contributed by atoms with Crippen LogP contribution < -0.4 is 0 Å². The summed E-state index contributed by atoms with van der Waals surface area (Å²) in [6, 6.07) is 10.3. The van der Waals surface area contributed by atoms with Gasteiger partial charge < -0.3 is 4.74 Å². The molecule has 0 aliphatic heterocycles. The van der Waals surface area contributed by atoms with Crippen LogP contribution in [0.25, 0.3) is 11.0 Å². The number of halogens is 1. The summed E-state index contributed by atoms with van der Waals surface area (Å²) < 4.78 is 7.13. The Morgan fingerprint density at radius 2 is 2.00 bits per heavy atom. The van der Waals surface area contributed by atoms with Gasteiger partial charge in [0.1, 0.15) is 5.52 Å². The summed E-state index contributed by atoms with van der Waals surface area (Å²) in [4.78, 5) is 12.4. The molecule has 0 bridgehead atoms. The molecule has 0 amide bonds. The van der Waals surface area contributed by atoms with Crippen LogP contribution in [0.2, 0.25) is 0 Å². The number of carbonyl (C=O) groups is 1. The normalized spacial score (nSPS) is 12.3. The zero-order valence-corrected chi connectivity index (χ0v) is 17.6. The minimum Gasteiger partial charge on any atom is -0.466 e. The van der Waals surface area contributed by atoms with Crippen molar-refractivity contribution < 1.29 is 9.53 Å². The molecule has 1 heterocycles. The largest absolute Gasteiger partial charge is 0.466 e. The third-order valence-corrected chi connectivity index (χ3v) is 5.54. The van der Waals surface area contributed by atoms with E-state index in [0.717, 1.165) is 45.4 Å². The number of benzene rings is 2. The number of hydrogen-bond acceptors (Lipinski definition) is 4. The second-order valence-corrected chi connectivity index (χ2v) is 7.20. The minimum absolute atomic E-state index is 0.127. The number of rotatable bonds is 7. The first kappa shape index (κ1) is 20.3. The van der Waals surface area contributed by atoms with Crippen LogP contribution in [0, 0.1) is 13.8 Å². The van der Waals surface area contributed by atoms with Crippen LogP contribution in [-0.2, 0) is 22.0 Å². The van der Waals surface area contributed by atoms with E-state index in [9.17, 15) is 4.79 Å². The highest BCUT2D eigenvalue weighted by Gasteiger charge is 2.23. The molecule has 0 fully saturated rings. The number of nitrogens with zero attached hydrogens (tertiary/aromatic N) is 3. The molecular formula is C22H26ClN3O2. The Morgan fingerprint density at radius 3 is 2.68 bits per heavy atom. The zero-order valence-electron chi connectivity index (χ0n) is 16.8. The van der Waals surface area contributed by atoms with Crippen molar-refractivity contribution in [1.82, 2.24) is 15.0 Å². The van der Waals surface area contributed by atoms with Gasteiger partial charge in [-0.3, -0.25) is 4.79 Å². The fourth-order valence-electron chi connectivity index (χ4n) is 3.64. The molecule has 0 saturated carbocycles. The third-order valence-electron chi connectivity index (χ3n) is 5.25. The number of esters is 1. The van der Waals surface area contributed by atoms with Crippen molar-refractivity contribution >= 4 is 28.6 Å². The predicted molar refractivity (Wildman–Crippen MR) is 112 cm³/mol. The van der Waals surface area contributed by atoms with Crippen molar-refractivity contribution in [3.05, 3.63) is 58.1 Å². The first-order valence-corrected chi connectivity index (χ1v) is 10.2. The molecule has 6 heteroatoms. The molecule has 0 radical (unpaired) electrons. The molecule has 3 rings (SSSR count). The van der Waals surface area contributed by atoms with Gasteiger partial charge in [-0.1, -0.05) is 29.5 Å². The molecule has 0 N–H and O–H groups in total. The monoisotopic (exact) mass is 399 g/mol. The van der Waals surface area contributed by atoms with E-state index in [-0.39, 0.29) is 18.3 Å². The molecule has 28 heavy (non-hydrogen) atoms. The molecular weight excluding hydrogens is 374 g/mol. The maximum absolute atomic E-state index is 12.4. The van der Waals surface area contributed by atoms with Crippen LogP contribution in [0.3, 0.4) is 0 Å². The Morgan fingerprint density at radius 1 is 1.21 bits per heavy atom. The summed E-state index contributed by atoms with van der Waals surface area (Å²) in [5.41, 5.74) is 7.25. The lowest BCUT2D eigenvalue weighted by Gasteiger charge is -2.21. The Kier molecular flexibility index (Phi) is 6.35. The van der Waals surface area contributed by atoms with Gasteiger partial charge in [0.25, 0.3) is 0 Å². The zero-order chi connectivity index (χ0) is 20.3. The average Bonchev–Trinajstić information content (AvgIpc) is 3.11. The second-order valence-electron chi connectivity index (χ2n) is 6.93. The van der Waals surface area contributed by atoms with Crippen molar-refractivity contribution in [2.75, 3.05) is 6.61 Å². The summed E-state index contributed by atoms with van der Waals surface area (Å²) in [7, 11) is 0. The summed E-state index contributed by atoms with van der Waals surface area (Å²) in [5, 5.41) is 8.60. The number of fused-ring (bicyclic) bond motifs is 1. The van der Waals surface area contributed by atoms with Crippen LogP contribution in [0.4, 0.5) is 0 Å². The maximum atomic E-state index is 12.4. The third kappa shape index (κ3) is 3.90. The summed E-state index contributed by atoms with van der Waals surface area (Å²) in [6.07, 6.45) is 0.271. The number of ether oxygens (including phenoxy) is 1. The fourth-order valence-corrected chi connectivity index (χ4v) is 3.93. The maximum Gasteiger partial charge on any atom is 0.306 e. The highest BCUT2D eigenvalue weighted by atomic mass is 35.5. The van der Waals surface area contributed by atoms with E-state index >= 15 is 0 Å². The van der Waals surface area contributed by atoms with Crippen LogP contribution in [-0.4, -0.2) is 27.6 Å². The van der Waals surface area contributed by atoms with Crippen molar-refractivity contribution in [3.63, 3.8) is 0 Å². The molecule has 2 aromatic carbocycles. The smallest absolute Gasteiger partial charge is 0.306 e. The van der Waals surface area contributed by atoms with Gasteiger partial charge in [-0.15, -0.1) is 16.7 Å². The van der Waals surface area contributed by atoms with Gasteiger partial charge in [0.2, 0.25) is 0 Å². The highest BCUT2D eigenvalue weighted by molar-refractivity contribution is 6.17. The Balaban J connectivity index is 2.12. The molecule has 148 valence electrons. The van der Waals surface area contributed by atoms with Gasteiger partial charge in [-0.25, -0.2) is 4.68 Å². The van der Waals surface area contributed by atoms with E-state index in [1.165, 1.54) is 0 Å². The van der Waals surface area contributed by atoms with Gasteiger partial charge in [0, 0.05) is 18.3 Å². The molecule has 0 aliphatic carbocycles. The van der Waals surface area contributed by atoms with Crippen molar-refractivity contribution in [2.24, 2.45) is 0 Å². The summed E-state index contributed by atoms with van der Waals surface area (Å²) in [5.74, 6) is 0.101. The summed E-state index contributed by atoms with van der Waals surface area (Å²) >= 11 is 6.13. The lowest BCUT2D eigenvalue weighted by atomic mass is 9.84. The lowest BCUT2D eigenvalue weighted by molar-refractivity contribution is -0.143. The van der Waals surface area contributed by atoms with Gasteiger partial charge in [-0.2, -0.15) is 0 Å². The lowest BCUT2D eigenvalue weighted by Crippen LogP contribution is -2.13. The number of aryl methyl sites for hydroxylation is 3. The Labute approximate surface area is 170 Å².